The average molecular weight is 332 g/mol. The van der Waals surface area contributed by atoms with Crippen LogP contribution in [0.15, 0.2) is 0 Å². The van der Waals surface area contributed by atoms with E-state index in [1.165, 1.54) is 19.3 Å². The number of rotatable bonds is 8. The maximum atomic E-state index is 5.42. The van der Waals surface area contributed by atoms with Gasteiger partial charge in [0.15, 0.2) is 0 Å². The predicted molar refractivity (Wildman–Crippen MR) is 68.7 cm³/mol. The topological polar surface area (TPSA) is 27.7 Å². The molecule has 0 rings (SSSR count). The van der Waals surface area contributed by atoms with Crippen molar-refractivity contribution in [3.63, 3.8) is 0 Å². The molecule has 0 fully saturated rings. The number of unbranched alkanes of at least 4 members (excludes halogenated alkanes) is 2. The van der Waals surface area contributed by atoms with Crippen molar-refractivity contribution < 1.29 is 13.3 Å². The van der Waals surface area contributed by atoms with E-state index in [9.17, 15) is 0 Å². The van der Waals surface area contributed by atoms with Gasteiger partial charge in [-0.05, 0) is 6.42 Å². The summed E-state index contributed by atoms with van der Waals surface area (Å²) in [5.41, 5.74) is 0. The van der Waals surface area contributed by atoms with Crippen LogP contribution in [0.3, 0.4) is 0 Å². The van der Waals surface area contributed by atoms with Crippen molar-refractivity contribution in [1.29, 1.82) is 0 Å². The van der Waals surface area contributed by atoms with Crippen molar-refractivity contribution in [2.45, 2.75) is 36.2 Å². The molecule has 0 heterocycles. The van der Waals surface area contributed by atoms with Gasteiger partial charge in [0.05, 0.1) is 3.55 Å². The molecule has 0 spiro atoms. The molecule has 3 nitrogen and oxygen atoms in total. The molecule has 0 saturated carbocycles. The Morgan fingerprint density at radius 1 is 1.07 bits per heavy atom. The van der Waals surface area contributed by atoms with E-state index in [1.54, 1.807) is 21.3 Å². The van der Waals surface area contributed by atoms with Gasteiger partial charge in [-0.3, -0.25) is 0 Å². The van der Waals surface area contributed by atoms with E-state index in [2.05, 4.69) is 29.5 Å². The second kappa shape index (κ2) is 8.03. The highest BCUT2D eigenvalue weighted by atomic mass is 127. The summed E-state index contributed by atoms with van der Waals surface area (Å²) in [7, 11) is 2.63. The summed E-state index contributed by atoms with van der Waals surface area (Å²) in [5.74, 6) is 0. The Hall–Kier alpha value is 0.827. The molecule has 1 unspecified atom stereocenters. The predicted octanol–water partition coefficient (Wildman–Crippen LogP) is 2.79. The molecule has 0 aromatic heterocycles. The van der Waals surface area contributed by atoms with Gasteiger partial charge in [-0.25, -0.2) is 0 Å². The van der Waals surface area contributed by atoms with E-state index < -0.39 is 8.80 Å². The summed E-state index contributed by atoms with van der Waals surface area (Å²) >= 11 is 2.38. The van der Waals surface area contributed by atoms with Crippen molar-refractivity contribution >= 4 is 31.4 Å². The Kier molecular flexibility index (Phi) is 8.51. The summed E-state index contributed by atoms with van der Waals surface area (Å²) in [6.45, 7) is 2.20. The van der Waals surface area contributed by atoms with E-state index in [1.807, 2.05) is 0 Å². The van der Waals surface area contributed by atoms with Crippen molar-refractivity contribution in [2.24, 2.45) is 0 Å². The largest absolute Gasteiger partial charge is 0.513 e. The molecule has 86 valence electrons. The lowest BCUT2D eigenvalue weighted by molar-refractivity contribution is 0.122. The van der Waals surface area contributed by atoms with Crippen LogP contribution >= 0.6 is 22.6 Å². The molecule has 0 aliphatic carbocycles. The van der Waals surface area contributed by atoms with E-state index in [0.717, 1.165) is 6.42 Å². The Labute approximate surface area is 102 Å². The fourth-order valence-electron chi connectivity index (χ4n) is 1.38. The highest BCUT2D eigenvalue weighted by molar-refractivity contribution is 14.1. The molecule has 0 radical (unpaired) electrons. The standard InChI is InChI=1S/C9H21IO3Si/c1-5-6-7-8-9(10)14(11-2,12-3)13-4/h9H,5-8H2,1-4H3. The van der Waals surface area contributed by atoms with E-state index >= 15 is 0 Å². The lowest BCUT2D eigenvalue weighted by Gasteiger charge is -2.28. The molecule has 0 aromatic carbocycles. The zero-order chi connectivity index (χ0) is 11.0. The van der Waals surface area contributed by atoms with Gasteiger partial charge in [0.25, 0.3) is 0 Å². The zero-order valence-corrected chi connectivity index (χ0v) is 12.7. The lowest BCUT2D eigenvalue weighted by Crippen LogP contribution is -2.51. The molecule has 0 saturated heterocycles. The minimum atomic E-state index is -2.38. The van der Waals surface area contributed by atoms with Gasteiger partial charge in [-0.2, -0.15) is 0 Å². The van der Waals surface area contributed by atoms with Gasteiger partial charge >= 0.3 is 8.80 Å². The Bertz CT molecular complexity index is 134. The Morgan fingerprint density at radius 3 is 1.93 bits per heavy atom. The third-order valence-corrected chi connectivity index (χ3v) is 7.97. The maximum absolute atomic E-state index is 5.42. The van der Waals surface area contributed by atoms with E-state index in [4.69, 9.17) is 13.3 Å². The molecule has 0 bridgehead atoms. The van der Waals surface area contributed by atoms with Gasteiger partial charge in [-0.15, -0.1) is 0 Å². The minimum Gasteiger partial charge on any atom is -0.376 e. The molecular formula is C9H21IO3Si. The van der Waals surface area contributed by atoms with Crippen molar-refractivity contribution in [3.8, 4) is 0 Å². The van der Waals surface area contributed by atoms with Crippen LogP contribution in [-0.2, 0) is 13.3 Å². The Balaban J connectivity index is 4.07. The first kappa shape index (κ1) is 14.8. The Morgan fingerprint density at radius 2 is 1.57 bits per heavy atom. The van der Waals surface area contributed by atoms with Gasteiger partial charge in [0.1, 0.15) is 0 Å². The minimum absolute atomic E-state index is 0.353. The van der Waals surface area contributed by atoms with Gasteiger partial charge in [-0.1, -0.05) is 48.8 Å². The first-order valence-corrected chi connectivity index (χ1v) is 8.01. The van der Waals surface area contributed by atoms with Crippen LogP contribution in [0.5, 0.6) is 0 Å². The monoisotopic (exact) mass is 332 g/mol. The maximum Gasteiger partial charge on any atom is 0.513 e. The SMILES string of the molecule is CCCCCC(I)[Si](OC)(OC)OC. The van der Waals surface area contributed by atoms with Crippen molar-refractivity contribution in [1.82, 2.24) is 0 Å². The molecule has 0 aliphatic rings. The van der Waals surface area contributed by atoms with Crippen LogP contribution in [0.4, 0.5) is 0 Å². The molecule has 0 aromatic rings. The van der Waals surface area contributed by atoms with E-state index in [0.29, 0.717) is 3.55 Å². The van der Waals surface area contributed by atoms with Crippen LogP contribution in [0, 0.1) is 0 Å². The second-order valence-corrected chi connectivity index (χ2v) is 8.99. The quantitative estimate of drug-likeness (QED) is 0.296. The summed E-state index contributed by atoms with van der Waals surface area (Å²) in [6, 6.07) is 0. The van der Waals surface area contributed by atoms with Crippen molar-refractivity contribution in [2.75, 3.05) is 21.3 Å². The zero-order valence-electron chi connectivity index (χ0n) is 9.51. The molecule has 0 amide bonds. The molecule has 14 heavy (non-hydrogen) atoms. The van der Waals surface area contributed by atoms with Crippen LogP contribution in [-0.4, -0.2) is 33.7 Å². The molecular weight excluding hydrogens is 311 g/mol. The molecule has 0 aliphatic heterocycles. The van der Waals surface area contributed by atoms with Crippen molar-refractivity contribution in [3.05, 3.63) is 0 Å². The highest BCUT2D eigenvalue weighted by Crippen LogP contribution is 2.24. The van der Waals surface area contributed by atoms with Gasteiger partial charge in [0.2, 0.25) is 0 Å². The third kappa shape index (κ3) is 4.14. The molecule has 5 heteroatoms. The van der Waals surface area contributed by atoms with Gasteiger partial charge in [0, 0.05) is 21.3 Å². The lowest BCUT2D eigenvalue weighted by atomic mass is 10.2. The number of alkyl halides is 1. The second-order valence-electron chi connectivity index (χ2n) is 3.18. The fourth-order valence-corrected chi connectivity index (χ4v) is 5.94. The number of halogens is 1. The van der Waals surface area contributed by atoms with Crippen LogP contribution in [0.25, 0.3) is 0 Å². The molecule has 0 N–H and O–H groups in total. The molecule has 1 atom stereocenters. The fraction of sp³-hybridized carbons (Fsp3) is 1.00. The number of hydrogen-bond donors (Lipinski definition) is 0. The van der Waals surface area contributed by atoms with Crippen LogP contribution < -0.4 is 0 Å². The van der Waals surface area contributed by atoms with Crippen LogP contribution in [0.2, 0.25) is 0 Å². The smallest absolute Gasteiger partial charge is 0.376 e. The highest BCUT2D eigenvalue weighted by Gasteiger charge is 2.45. The first-order valence-electron chi connectivity index (χ1n) is 4.96. The first-order chi connectivity index (χ1) is 6.66. The number of hydrogen-bond acceptors (Lipinski definition) is 3. The average Bonchev–Trinajstić information content (AvgIpc) is 2.22. The normalized spacial score (nSPS) is 14.4. The summed E-state index contributed by atoms with van der Waals surface area (Å²) in [4.78, 5) is 0. The van der Waals surface area contributed by atoms with E-state index in [-0.39, 0.29) is 0 Å². The summed E-state index contributed by atoms with van der Waals surface area (Å²) < 4.78 is 16.6. The van der Waals surface area contributed by atoms with Crippen LogP contribution in [0.1, 0.15) is 32.6 Å². The summed E-state index contributed by atoms with van der Waals surface area (Å²) in [6.07, 6.45) is 4.83. The third-order valence-electron chi connectivity index (χ3n) is 2.30. The van der Waals surface area contributed by atoms with Gasteiger partial charge < -0.3 is 13.3 Å². The summed E-state index contributed by atoms with van der Waals surface area (Å²) in [5, 5.41) is 0.